The van der Waals surface area contributed by atoms with Crippen LogP contribution in [0.4, 0.5) is 0 Å². The second-order valence-electron chi connectivity index (χ2n) is 5.05. The summed E-state index contributed by atoms with van der Waals surface area (Å²) in [6.07, 6.45) is 0. The number of hydrogen-bond acceptors (Lipinski definition) is 6. The van der Waals surface area contributed by atoms with Crippen molar-refractivity contribution < 1.29 is 14.2 Å². The first-order valence-corrected chi connectivity index (χ1v) is 6.95. The summed E-state index contributed by atoms with van der Waals surface area (Å²) in [7, 11) is 3.12. The van der Waals surface area contributed by atoms with E-state index < -0.39 is 5.92 Å². The van der Waals surface area contributed by atoms with Crippen LogP contribution in [0, 0.1) is 18.3 Å². The Morgan fingerprint density at radius 3 is 2.78 bits per heavy atom. The summed E-state index contributed by atoms with van der Waals surface area (Å²) in [6.45, 7) is 1.81. The molecule has 1 aliphatic heterocycles. The van der Waals surface area contributed by atoms with Crippen molar-refractivity contribution >= 4 is 0 Å². The van der Waals surface area contributed by atoms with Crippen LogP contribution in [0.1, 0.15) is 23.0 Å². The number of rotatable bonds is 3. The van der Waals surface area contributed by atoms with Gasteiger partial charge >= 0.3 is 0 Å². The summed E-state index contributed by atoms with van der Waals surface area (Å²) >= 11 is 0. The highest BCUT2D eigenvalue weighted by Gasteiger charge is 2.35. The number of aryl methyl sites for hydroxylation is 1. The fraction of sp³-hybridized carbons (Fsp3) is 0.250. The summed E-state index contributed by atoms with van der Waals surface area (Å²) in [5.74, 6) is 1.74. The first-order valence-electron chi connectivity index (χ1n) is 6.95. The van der Waals surface area contributed by atoms with Gasteiger partial charge in [0.2, 0.25) is 11.8 Å². The number of para-hydroxylation sites is 1. The second-order valence-corrected chi connectivity index (χ2v) is 5.05. The van der Waals surface area contributed by atoms with E-state index in [-0.39, 0.29) is 5.88 Å². The molecule has 2 heterocycles. The van der Waals surface area contributed by atoms with Gasteiger partial charge in [-0.3, -0.25) is 0 Å². The molecular weight excluding hydrogens is 296 g/mol. The number of benzene rings is 1. The molecule has 1 atom stereocenters. The Hall–Kier alpha value is -3.14. The fourth-order valence-corrected chi connectivity index (χ4v) is 2.78. The lowest BCUT2D eigenvalue weighted by Gasteiger charge is -2.24. The average Bonchev–Trinajstić information content (AvgIpc) is 2.92. The smallest absolute Gasteiger partial charge is 0.243 e. The molecule has 3 rings (SSSR count). The molecule has 118 valence electrons. The first-order chi connectivity index (χ1) is 11.1. The van der Waals surface area contributed by atoms with Crippen LogP contribution in [0.25, 0.3) is 0 Å². The number of methoxy groups -OCH3 is 2. The molecule has 1 aromatic heterocycles. The maximum absolute atomic E-state index is 9.54. The molecule has 0 amide bonds. The van der Waals surface area contributed by atoms with Gasteiger partial charge in [-0.15, -0.1) is 0 Å². The summed E-state index contributed by atoms with van der Waals surface area (Å²) in [5.41, 5.74) is 7.63. The maximum Gasteiger partial charge on any atom is 0.243 e. The van der Waals surface area contributed by atoms with Gasteiger partial charge in [-0.25, -0.2) is 0 Å². The molecule has 0 radical (unpaired) electrons. The Morgan fingerprint density at radius 1 is 1.35 bits per heavy atom. The number of fused-ring (bicyclic) bond motifs is 1. The van der Waals surface area contributed by atoms with Crippen LogP contribution in [-0.2, 0) is 0 Å². The number of ether oxygens (including phenoxy) is 3. The molecule has 23 heavy (non-hydrogen) atoms. The Kier molecular flexibility index (Phi) is 3.58. The fourth-order valence-electron chi connectivity index (χ4n) is 2.78. The molecule has 0 aliphatic carbocycles. The van der Waals surface area contributed by atoms with Crippen molar-refractivity contribution in [3.63, 3.8) is 0 Å². The van der Waals surface area contributed by atoms with Crippen molar-refractivity contribution in [3.05, 3.63) is 46.7 Å². The summed E-state index contributed by atoms with van der Waals surface area (Å²) < 4.78 is 16.3. The third-order valence-corrected chi connectivity index (χ3v) is 3.73. The summed E-state index contributed by atoms with van der Waals surface area (Å²) in [6, 6.07) is 7.61. The molecule has 0 unspecified atom stereocenters. The predicted octanol–water partition coefficient (Wildman–Crippen LogP) is 1.95. The van der Waals surface area contributed by atoms with Crippen LogP contribution >= 0.6 is 0 Å². The molecule has 7 nitrogen and oxygen atoms in total. The first kappa shape index (κ1) is 14.8. The number of hydrogen-bond donors (Lipinski definition) is 2. The third-order valence-electron chi connectivity index (χ3n) is 3.73. The van der Waals surface area contributed by atoms with Gasteiger partial charge in [0.05, 0.1) is 25.8 Å². The molecule has 1 aliphatic rings. The van der Waals surface area contributed by atoms with Crippen LogP contribution in [-0.4, -0.2) is 24.2 Å². The van der Waals surface area contributed by atoms with E-state index in [1.807, 2.05) is 19.1 Å². The van der Waals surface area contributed by atoms with Gasteiger partial charge in [-0.05, 0) is 13.0 Å². The van der Waals surface area contributed by atoms with Crippen molar-refractivity contribution in [2.24, 2.45) is 5.73 Å². The zero-order valence-electron chi connectivity index (χ0n) is 13.0. The SMILES string of the molecule is COc1cccc([C@H]2C(C#N)=C(N)Oc3nc(C)[nH]c32)c1OC. The molecular formula is C16H16N4O3. The van der Waals surface area contributed by atoms with Crippen molar-refractivity contribution in [1.29, 1.82) is 5.26 Å². The molecule has 0 fully saturated rings. The lowest BCUT2D eigenvalue weighted by atomic mass is 9.87. The standard InChI is InChI=1S/C16H16N4O3/c1-8-19-13-12(10(7-17)15(18)23-16(13)20-8)9-5-4-6-11(21-2)14(9)22-3/h4-6,12H,18H2,1-3H3,(H,19,20)/t12-/m0/s1. The number of nitrogens with zero attached hydrogens (tertiary/aromatic N) is 2. The number of imidazole rings is 1. The van der Waals surface area contributed by atoms with Crippen molar-refractivity contribution in [2.75, 3.05) is 14.2 Å². The van der Waals surface area contributed by atoms with E-state index in [9.17, 15) is 5.26 Å². The number of aromatic nitrogens is 2. The number of nitriles is 1. The minimum Gasteiger partial charge on any atom is -0.493 e. The van der Waals surface area contributed by atoms with E-state index in [1.165, 1.54) is 0 Å². The van der Waals surface area contributed by atoms with Crippen molar-refractivity contribution in [2.45, 2.75) is 12.8 Å². The maximum atomic E-state index is 9.54. The predicted molar refractivity (Wildman–Crippen MR) is 82.2 cm³/mol. The quantitative estimate of drug-likeness (QED) is 0.897. The average molecular weight is 312 g/mol. The molecule has 0 bridgehead atoms. The van der Waals surface area contributed by atoms with Crippen LogP contribution in [0.3, 0.4) is 0 Å². The van der Waals surface area contributed by atoms with Crippen LogP contribution in [0.5, 0.6) is 17.4 Å². The van der Waals surface area contributed by atoms with Gasteiger partial charge in [0.15, 0.2) is 11.5 Å². The molecule has 7 heteroatoms. The molecule has 0 saturated carbocycles. The van der Waals surface area contributed by atoms with Gasteiger partial charge in [0.1, 0.15) is 17.5 Å². The van der Waals surface area contributed by atoms with E-state index in [4.69, 9.17) is 19.9 Å². The van der Waals surface area contributed by atoms with Crippen molar-refractivity contribution in [3.8, 4) is 23.4 Å². The minimum absolute atomic E-state index is 0.0429. The van der Waals surface area contributed by atoms with Gasteiger partial charge in [-0.2, -0.15) is 10.2 Å². The lowest BCUT2D eigenvalue weighted by Crippen LogP contribution is -2.21. The molecule has 1 aromatic carbocycles. The van der Waals surface area contributed by atoms with E-state index in [1.54, 1.807) is 20.3 Å². The minimum atomic E-state index is -0.463. The monoisotopic (exact) mass is 312 g/mol. The Labute approximate surface area is 133 Å². The third kappa shape index (κ3) is 2.25. The number of aromatic amines is 1. The van der Waals surface area contributed by atoms with Gasteiger partial charge in [0, 0.05) is 5.56 Å². The highest BCUT2D eigenvalue weighted by Crippen LogP contribution is 2.46. The molecule has 3 N–H and O–H groups in total. The van der Waals surface area contributed by atoms with Crippen LogP contribution in [0.2, 0.25) is 0 Å². The summed E-state index contributed by atoms with van der Waals surface area (Å²) in [4.78, 5) is 7.42. The Bertz CT molecular complexity index is 832. The number of nitrogens with two attached hydrogens (primary N) is 1. The van der Waals surface area contributed by atoms with E-state index in [2.05, 4.69) is 16.0 Å². The highest BCUT2D eigenvalue weighted by molar-refractivity contribution is 5.58. The lowest BCUT2D eigenvalue weighted by molar-refractivity contribution is 0.348. The van der Waals surface area contributed by atoms with Gasteiger partial charge in [0.25, 0.3) is 0 Å². The number of H-pyrrole nitrogens is 1. The van der Waals surface area contributed by atoms with Crippen LogP contribution in [0.15, 0.2) is 29.7 Å². The largest absolute Gasteiger partial charge is 0.493 e. The zero-order valence-corrected chi connectivity index (χ0v) is 13.0. The molecule has 0 saturated heterocycles. The van der Waals surface area contributed by atoms with Gasteiger partial charge < -0.3 is 24.9 Å². The number of allylic oxidation sites excluding steroid dienone is 1. The summed E-state index contributed by atoms with van der Waals surface area (Å²) in [5, 5.41) is 9.54. The van der Waals surface area contributed by atoms with Gasteiger partial charge in [-0.1, -0.05) is 12.1 Å². The zero-order chi connectivity index (χ0) is 16.6. The molecule has 0 spiro atoms. The van der Waals surface area contributed by atoms with Crippen LogP contribution < -0.4 is 19.9 Å². The van der Waals surface area contributed by atoms with E-state index in [0.29, 0.717) is 34.5 Å². The molecule has 2 aromatic rings. The number of nitrogens with one attached hydrogen (secondary N) is 1. The Morgan fingerprint density at radius 2 is 2.13 bits per heavy atom. The topological polar surface area (TPSA) is 106 Å². The Balaban J connectivity index is 2.27. The second kappa shape index (κ2) is 5.57. The van der Waals surface area contributed by atoms with E-state index >= 15 is 0 Å². The normalized spacial score (nSPS) is 16.3. The van der Waals surface area contributed by atoms with Crippen molar-refractivity contribution in [1.82, 2.24) is 9.97 Å². The van der Waals surface area contributed by atoms with E-state index in [0.717, 1.165) is 5.56 Å². The highest BCUT2D eigenvalue weighted by atomic mass is 16.5.